The van der Waals surface area contributed by atoms with Crippen molar-refractivity contribution in [3.8, 4) is 0 Å². The summed E-state index contributed by atoms with van der Waals surface area (Å²) < 4.78 is 0. The zero-order chi connectivity index (χ0) is 15.6. The predicted octanol–water partition coefficient (Wildman–Crippen LogP) is 7.18. The van der Waals surface area contributed by atoms with Crippen LogP contribution in [-0.2, 0) is 6.42 Å². The Kier molecular flexibility index (Phi) is 7.77. The highest BCUT2D eigenvalue weighted by Gasteiger charge is 2.15. The third kappa shape index (κ3) is 5.63. The number of allylic oxidation sites excluding steroid dienone is 2. The van der Waals surface area contributed by atoms with Crippen molar-refractivity contribution >= 4 is 5.57 Å². The van der Waals surface area contributed by atoms with Gasteiger partial charge in [0.25, 0.3) is 0 Å². The van der Waals surface area contributed by atoms with E-state index in [1.54, 1.807) is 5.57 Å². The van der Waals surface area contributed by atoms with E-state index in [0.29, 0.717) is 0 Å². The summed E-state index contributed by atoms with van der Waals surface area (Å²) in [6.45, 7) is 4.52. The highest BCUT2D eigenvalue weighted by molar-refractivity contribution is 5.66. The zero-order valence-corrected chi connectivity index (χ0v) is 14.7. The van der Waals surface area contributed by atoms with Crippen LogP contribution >= 0.6 is 0 Å². The number of hydrogen-bond acceptors (Lipinski definition) is 0. The Morgan fingerprint density at radius 1 is 0.909 bits per heavy atom. The molecule has 1 unspecified atom stereocenters. The van der Waals surface area contributed by atoms with E-state index in [1.165, 1.54) is 75.3 Å². The minimum Gasteiger partial charge on any atom is -0.0804 e. The van der Waals surface area contributed by atoms with Crippen LogP contribution in [0.4, 0.5) is 0 Å². The molecule has 0 aromatic heterocycles. The van der Waals surface area contributed by atoms with E-state index in [-0.39, 0.29) is 0 Å². The number of unbranched alkanes of at least 4 members (excludes halogenated alkanes) is 5. The summed E-state index contributed by atoms with van der Waals surface area (Å²) in [5.74, 6) is 0.949. The van der Waals surface area contributed by atoms with Crippen molar-refractivity contribution in [1.29, 1.82) is 0 Å². The molecule has 1 aliphatic carbocycles. The van der Waals surface area contributed by atoms with Gasteiger partial charge < -0.3 is 0 Å². The second-order valence-corrected chi connectivity index (χ2v) is 6.98. The van der Waals surface area contributed by atoms with Crippen LogP contribution < -0.4 is 0 Å². The first-order chi connectivity index (χ1) is 10.8. The van der Waals surface area contributed by atoms with Crippen LogP contribution in [-0.4, -0.2) is 0 Å². The van der Waals surface area contributed by atoms with E-state index in [2.05, 4.69) is 44.2 Å². The molecule has 1 aromatic rings. The standard InChI is InChI=1S/C22H34/c1-3-5-6-7-8-9-10-20-13-17-22(18-14-20)21-15-11-19(4-2)12-16-21/h11-12,15-17,20H,3-10,13-14,18H2,1-2H3. The van der Waals surface area contributed by atoms with Gasteiger partial charge >= 0.3 is 0 Å². The number of aryl methyl sites for hydroxylation is 1. The Balaban J connectivity index is 1.70. The second kappa shape index (κ2) is 9.87. The number of hydrogen-bond donors (Lipinski definition) is 0. The zero-order valence-electron chi connectivity index (χ0n) is 14.7. The fourth-order valence-electron chi connectivity index (χ4n) is 3.58. The highest BCUT2D eigenvalue weighted by Crippen LogP contribution is 2.32. The maximum atomic E-state index is 2.52. The van der Waals surface area contributed by atoms with Gasteiger partial charge in [-0.05, 0) is 48.3 Å². The van der Waals surface area contributed by atoms with Crippen molar-refractivity contribution < 1.29 is 0 Å². The van der Waals surface area contributed by atoms with Crippen molar-refractivity contribution in [2.24, 2.45) is 5.92 Å². The van der Waals surface area contributed by atoms with Gasteiger partial charge in [-0.25, -0.2) is 0 Å². The monoisotopic (exact) mass is 298 g/mol. The number of rotatable bonds is 9. The maximum Gasteiger partial charge on any atom is -0.0228 e. The van der Waals surface area contributed by atoms with Crippen LogP contribution in [0.2, 0.25) is 0 Å². The summed E-state index contributed by atoms with van der Waals surface area (Å²) in [4.78, 5) is 0. The van der Waals surface area contributed by atoms with Crippen LogP contribution in [0.1, 0.15) is 89.2 Å². The molecule has 122 valence electrons. The molecular formula is C22H34. The molecule has 0 aliphatic heterocycles. The van der Waals surface area contributed by atoms with Gasteiger partial charge in [-0.2, -0.15) is 0 Å². The average molecular weight is 299 g/mol. The van der Waals surface area contributed by atoms with Crippen LogP contribution in [0.5, 0.6) is 0 Å². The summed E-state index contributed by atoms with van der Waals surface area (Å²) in [6, 6.07) is 9.22. The van der Waals surface area contributed by atoms with E-state index < -0.39 is 0 Å². The van der Waals surface area contributed by atoms with E-state index >= 15 is 0 Å². The van der Waals surface area contributed by atoms with Crippen LogP contribution in [0.3, 0.4) is 0 Å². The summed E-state index contributed by atoms with van der Waals surface area (Å²) >= 11 is 0. The summed E-state index contributed by atoms with van der Waals surface area (Å²) in [5.41, 5.74) is 4.48. The molecule has 2 rings (SSSR count). The van der Waals surface area contributed by atoms with Gasteiger partial charge in [0, 0.05) is 0 Å². The molecule has 1 aromatic carbocycles. The Morgan fingerprint density at radius 3 is 2.27 bits per heavy atom. The molecule has 22 heavy (non-hydrogen) atoms. The minimum absolute atomic E-state index is 0.949. The van der Waals surface area contributed by atoms with Crippen LogP contribution in [0.15, 0.2) is 30.3 Å². The van der Waals surface area contributed by atoms with Gasteiger partial charge in [0.1, 0.15) is 0 Å². The molecule has 0 amide bonds. The second-order valence-electron chi connectivity index (χ2n) is 6.98. The van der Waals surface area contributed by atoms with Crippen molar-refractivity contribution in [2.75, 3.05) is 0 Å². The molecule has 0 radical (unpaired) electrons. The topological polar surface area (TPSA) is 0 Å². The Bertz CT molecular complexity index is 438. The lowest BCUT2D eigenvalue weighted by Gasteiger charge is -2.22. The molecule has 0 heteroatoms. The van der Waals surface area contributed by atoms with E-state index in [1.807, 2.05) is 0 Å². The summed E-state index contributed by atoms with van der Waals surface area (Å²) in [7, 11) is 0. The molecule has 0 nitrogen and oxygen atoms in total. The molecule has 0 spiro atoms. The molecule has 1 aliphatic rings. The smallest absolute Gasteiger partial charge is 0.0228 e. The average Bonchev–Trinajstić information content (AvgIpc) is 2.59. The van der Waals surface area contributed by atoms with Crippen molar-refractivity contribution in [2.45, 2.75) is 84.5 Å². The first-order valence-electron chi connectivity index (χ1n) is 9.61. The lowest BCUT2D eigenvalue weighted by Crippen LogP contribution is -2.05. The fraction of sp³-hybridized carbons (Fsp3) is 0.636. The summed E-state index contributed by atoms with van der Waals surface area (Å²) in [6.07, 6.45) is 17.7. The molecule has 0 bridgehead atoms. The Morgan fingerprint density at radius 2 is 1.64 bits per heavy atom. The van der Waals surface area contributed by atoms with Crippen molar-refractivity contribution in [3.05, 3.63) is 41.5 Å². The lowest BCUT2D eigenvalue weighted by atomic mass is 9.83. The van der Waals surface area contributed by atoms with E-state index in [9.17, 15) is 0 Å². The molecule has 1 atom stereocenters. The third-order valence-electron chi connectivity index (χ3n) is 5.22. The van der Waals surface area contributed by atoms with Crippen molar-refractivity contribution in [3.63, 3.8) is 0 Å². The summed E-state index contributed by atoms with van der Waals surface area (Å²) in [5, 5.41) is 0. The first-order valence-corrected chi connectivity index (χ1v) is 9.61. The normalized spacial score (nSPS) is 18.3. The van der Waals surface area contributed by atoms with Gasteiger partial charge in [0.2, 0.25) is 0 Å². The minimum atomic E-state index is 0.949. The molecule has 0 N–H and O–H groups in total. The Labute approximate surface area is 138 Å². The van der Waals surface area contributed by atoms with Gasteiger partial charge in [0.05, 0.1) is 0 Å². The molecular weight excluding hydrogens is 264 g/mol. The van der Waals surface area contributed by atoms with Gasteiger partial charge in [-0.3, -0.25) is 0 Å². The lowest BCUT2D eigenvalue weighted by molar-refractivity contribution is 0.423. The SMILES string of the molecule is CCCCCCCCC1CC=C(c2ccc(CC)cc2)CC1. The van der Waals surface area contributed by atoms with Gasteiger partial charge in [-0.15, -0.1) is 0 Å². The largest absolute Gasteiger partial charge is 0.0804 e. The highest BCUT2D eigenvalue weighted by atomic mass is 14.2. The molecule has 0 saturated carbocycles. The third-order valence-corrected chi connectivity index (χ3v) is 5.22. The predicted molar refractivity (Wildman–Crippen MR) is 99.1 cm³/mol. The van der Waals surface area contributed by atoms with E-state index in [4.69, 9.17) is 0 Å². The van der Waals surface area contributed by atoms with E-state index in [0.717, 1.165) is 12.3 Å². The Hall–Kier alpha value is -1.04. The van der Waals surface area contributed by atoms with Gasteiger partial charge in [0.15, 0.2) is 0 Å². The maximum absolute atomic E-state index is 2.52. The quantitative estimate of drug-likeness (QED) is 0.423. The van der Waals surface area contributed by atoms with Crippen LogP contribution in [0, 0.1) is 5.92 Å². The molecule has 0 fully saturated rings. The first kappa shape index (κ1) is 17.3. The van der Waals surface area contributed by atoms with Gasteiger partial charge in [-0.1, -0.05) is 89.1 Å². The number of benzene rings is 1. The fourth-order valence-corrected chi connectivity index (χ4v) is 3.58. The van der Waals surface area contributed by atoms with Crippen molar-refractivity contribution in [1.82, 2.24) is 0 Å². The van der Waals surface area contributed by atoms with Crippen LogP contribution in [0.25, 0.3) is 5.57 Å². The molecule has 0 heterocycles. The molecule has 0 saturated heterocycles.